The highest BCUT2D eigenvalue weighted by molar-refractivity contribution is 5.23. The zero-order valence-electron chi connectivity index (χ0n) is 10.4. The van der Waals surface area contributed by atoms with E-state index in [2.05, 4.69) is 38.1 Å². The standard InChI is InChI=1S/C15H22O/c1-3-14-5-4-10-15(14,16)11-13-8-6-12(2)7-9-13/h6-9,14,16H,3-5,10-11H2,1-2H3. The molecule has 0 amide bonds. The minimum atomic E-state index is -0.440. The number of aryl methyl sites for hydroxylation is 1. The fourth-order valence-corrected chi connectivity index (χ4v) is 3.00. The van der Waals surface area contributed by atoms with Crippen LogP contribution in [0.1, 0.15) is 43.7 Å². The van der Waals surface area contributed by atoms with E-state index in [0.29, 0.717) is 5.92 Å². The van der Waals surface area contributed by atoms with Crippen LogP contribution in [0.4, 0.5) is 0 Å². The lowest BCUT2D eigenvalue weighted by Crippen LogP contribution is -2.35. The third kappa shape index (κ3) is 2.30. The van der Waals surface area contributed by atoms with Gasteiger partial charge in [-0.15, -0.1) is 0 Å². The van der Waals surface area contributed by atoms with Gasteiger partial charge in [-0.3, -0.25) is 0 Å². The SMILES string of the molecule is CCC1CCCC1(O)Cc1ccc(C)cc1. The molecule has 1 aliphatic rings. The van der Waals surface area contributed by atoms with Gasteiger partial charge in [0, 0.05) is 6.42 Å². The Morgan fingerprint density at radius 2 is 2.00 bits per heavy atom. The first-order valence-corrected chi connectivity index (χ1v) is 6.42. The maximum atomic E-state index is 10.7. The Hall–Kier alpha value is -0.820. The largest absolute Gasteiger partial charge is 0.389 e. The highest BCUT2D eigenvalue weighted by Crippen LogP contribution is 2.39. The molecular formula is C15H22O. The van der Waals surface area contributed by atoms with Gasteiger partial charge >= 0.3 is 0 Å². The summed E-state index contributed by atoms with van der Waals surface area (Å²) in [7, 11) is 0. The summed E-state index contributed by atoms with van der Waals surface area (Å²) in [5, 5.41) is 10.7. The number of aliphatic hydroxyl groups is 1. The molecule has 0 bridgehead atoms. The van der Waals surface area contributed by atoms with Crippen LogP contribution in [0.15, 0.2) is 24.3 Å². The molecule has 2 unspecified atom stereocenters. The smallest absolute Gasteiger partial charge is 0.0715 e. The summed E-state index contributed by atoms with van der Waals surface area (Å²) in [5.41, 5.74) is 2.12. The summed E-state index contributed by atoms with van der Waals surface area (Å²) in [6, 6.07) is 8.57. The van der Waals surface area contributed by atoms with E-state index in [0.717, 1.165) is 19.3 Å². The maximum absolute atomic E-state index is 10.7. The quantitative estimate of drug-likeness (QED) is 0.823. The van der Waals surface area contributed by atoms with Gasteiger partial charge in [0.1, 0.15) is 0 Å². The van der Waals surface area contributed by atoms with Gasteiger partial charge in [-0.2, -0.15) is 0 Å². The molecule has 1 N–H and O–H groups in total. The van der Waals surface area contributed by atoms with Crippen LogP contribution in [0.25, 0.3) is 0 Å². The van der Waals surface area contributed by atoms with Crippen LogP contribution in [0.2, 0.25) is 0 Å². The monoisotopic (exact) mass is 218 g/mol. The van der Waals surface area contributed by atoms with Crippen LogP contribution in [0, 0.1) is 12.8 Å². The minimum absolute atomic E-state index is 0.440. The zero-order valence-corrected chi connectivity index (χ0v) is 10.4. The minimum Gasteiger partial charge on any atom is -0.389 e. The molecule has 1 aromatic rings. The predicted octanol–water partition coefficient (Wildman–Crippen LogP) is 3.48. The molecule has 1 nitrogen and oxygen atoms in total. The molecule has 88 valence electrons. The van der Waals surface area contributed by atoms with Crippen molar-refractivity contribution in [2.24, 2.45) is 5.92 Å². The molecule has 0 spiro atoms. The van der Waals surface area contributed by atoms with E-state index < -0.39 is 5.60 Å². The lowest BCUT2D eigenvalue weighted by Gasteiger charge is -2.29. The molecule has 0 heterocycles. The van der Waals surface area contributed by atoms with Crippen molar-refractivity contribution in [2.75, 3.05) is 0 Å². The molecule has 1 heteroatoms. The van der Waals surface area contributed by atoms with Crippen LogP contribution in [0.5, 0.6) is 0 Å². The van der Waals surface area contributed by atoms with Crippen molar-refractivity contribution in [1.82, 2.24) is 0 Å². The first-order valence-electron chi connectivity index (χ1n) is 6.42. The summed E-state index contributed by atoms with van der Waals surface area (Å²) in [4.78, 5) is 0. The van der Waals surface area contributed by atoms with E-state index in [-0.39, 0.29) is 0 Å². The normalized spacial score (nSPS) is 29.6. The van der Waals surface area contributed by atoms with Crippen molar-refractivity contribution in [1.29, 1.82) is 0 Å². The summed E-state index contributed by atoms with van der Waals surface area (Å²) >= 11 is 0. The highest BCUT2D eigenvalue weighted by Gasteiger charge is 2.39. The molecule has 1 aliphatic carbocycles. The Kier molecular flexibility index (Phi) is 3.34. The Morgan fingerprint density at radius 1 is 1.31 bits per heavy atom. The molecule has 2 rings (SSSR count). The topological polar surface area (TPSA) is 20.2 Å². The first-order chi connectivity index (χ1) is 7.64. The molecule has 1 aromatic carbocycles. The van der Waals surface area contributed by atoms with Gasteiger partial charge in [0.05, 0.1) is 5.60 Å². The average Bonchev–Trinajstić information content (AvgIpc) is 2.63. The summed E-state index contributed by atoms with van der Waals surface area (Å²) < 4.78 is 0. The van der Waals surface area contributed by atoms with Crippen molar-refractivity contribution in [3.05, 3.63) is 35.4 Å². The Morgan fingerprint density at radius 3 is 2.62 bits per heavy atom. The average molecular weight is 218 g/mol. The van der Waals surface area contributed by atoms with Crippen LogP contribution in [0.3, 0.4) is 0 Å². The second-order valence-electron chi connectivity index (χ2n) is 5.26. The number of rotatable bonds is 3. The summed E-state index contributed by atoms with van der Waals surface area (Å²) in [5.74, 6) is 0.494. The predicted molar refractivity (Wildman–Crippen MR) is 67.5 cm³/mol. The van der Waals surface area contributed by atoms with E-state index >= 15 is 0 Å². The van der Waals surface area contributed by atoms with Gasteiger partial charge in [-0.05, 0) is 31.2 Å². The van der Waals surface area contributed by atoms with Crippen molar-refractivity contribution >= 4 is 0 Å². The molecular weight excluding hydrogens is 196 g/mol. The fraction of sp³-hybridized carbons (Fsp3) is 0.600. The summed E-state index contributed by atoms with van der Waals surface area (Å²) in [6.45, 7) is 4.29. The molecule has 1 fully saturated rings. The van der Waals surface area contributed by atoms with Crippen LogP contribution < -0.4 is 0 Å². The third-order valence-corrected chi connectivity index (χ3v) is 4.05. The van der Waals surface area contributed by atoms with Gasteiger partial charge in [0.2, 0.25) is 0 Å². The Balaban J connectivity index is 2.11. The van der Waals surface area contributed by atoms with Crippen molar-refractivity contribution in [3.8, 4) is 0 Å². The lowest BCUT2D eigenvalue weighted by molar-refractivity contribution is 0.00147. The third-order valence-electron chi connectivity index (χ3n) is 4.05. The second-order valence-corrected chi connectivity index (χ2v) is 5.26. The molecule has 0 radical (unpaired) electrons. The van der Waals surface area contributed by atoms with Crippen LogP contribution in [-0.4, -0.2) is 10.7 Å². The fourth-order valence-electron chi connectivity index (χ4n) is 3.00. The second kappa shape index (κ2) is 4.58. The first kappa shape index (κ1) is 11.7. The van der Waals surface area contributed by atoms with Crippen LogP contribution >= 0.6 is 0 Å². The summed E-state index contributed by atoms with van der Waals surface area (Å²) in [6.07, 6.45) is 5.27. The Labute approximate surface area is 98.5 Å². The van der Waals surface area contributed by atoms with E-state index in [1.54, 1.807) is 0 Å². The lowest BCUT2D eigenvalue weighted by atomic mass is 9.83. The molecule has 0 aromatic heterocycles. The van der Waals surface area contributed by atoms with Gasteiger partial charge in [-0.1, -0.05) is 49.6 Å². The highest BCUT2D eigenvalue weighted by atomic mass is 16.3. The number of hydrogen-bond acceptors (Lipinski definition) is 1. The molecule has 0 aliphatic heterocycles. The van der Waals surface area contributed by atoms with Gasteiger partial charge in [0.15, 0.2) is 0 Å². The Bertz CT molecular complexity index is 341. The number of hydrogen-bond donors (Lipinski definition) is 1. The van der Waals surface area contributed by atoms with Crippen LogP contribution in [-0.2, 0) is 6.42 Å². The molecule has 2 atom stereocenters. The van der Waals surface area contributed by atoms with Crippen molar-refractivity contribution < 1.29 is 5.11 Å². The van der Waals surface area contributed by atoms with E-state index in [1.807, 2.05) is 0 Å². The zero-order chi connectivity index (χ0) is 11.6. The van der Waals surface area contributed by atoms with Gasteiger partial charge < -0.3 is 5.11 Å². The molecule has 16 heavy (non-hydrogen) atoms. The van der Waals surface area contributed by atoms with Crippen molar-refractivity contribution in [3.63, 3.8) is 0 Å². The molecule has 0 saturated heterocycles. The maximum Gasteiger partial charge on any atom is 0.0715 e. The van der Waals surface area contributed by atoms with E-state index in [4.69, 9.17) is 0 Å². The van der Waals surface area contributed by atoms with E-state index in [1.165, 1.54) is 24.0 Å². The van der Waals surface area contributed by atoms with Gasteiger partial charge in [-0.25, -0.2) is 0 Å². The molecule has 1 saturated carbocycles. The van der Waals surface area contributed by atoms with Crippen molar-refractivity contribution in [2.45, 2.75) is 51.6 Å². The number of benzene rings is 1. The van der Waals surface area contributed by atoms with Gasteiger partial charge in [0.25, 0.3) is 0 Å². The van der Waals surface area contributed by atoms with E-state index in [9.17, 15) is 5.11 Å².